The quantitative estimate of drug-likeness (QED) is 0.671. The molecule has 0 unspecified atom stereocenters. The number of benzene rings is 2. The van der Waals surface area contributed by atoms with Crippen LogP contribution in [0.1, 0.15) is 10.4 Å². The Morgan fingerprint density at radius 2 is 1.90 bits per heavy atom. The van der Waals surface area contributed by atoms with Crippen LogP contribution < -0.4 is 0 Å². The summed E-state index contributed by atoms with van der Waals surface area (Å²) in [6.07, 6.45) is 0. The summed E-state index contributed by atoms with van der Waals surface area (Å²) in [4.78, 5) is 21.5. The van der Waals surface area contributed by atoms with Crippen molar-refractivity contribution in [3.8, 4) is 0 Å². The van der Waals surface area contributed by atoms with Crippen LogP contribution in [0.4, 0.5) is 10.1 Å². The summed E-state index contributed by atoms with van der Waals surface area (Å²) in [6.45, 7) is 0. The number of hydrogen-bond donors (Lipinski definition) is 1. The highest BCUT2D eigenvalue weighted by molar-refractivity contribution is 7.99. The van der Waals surface area contributed by atoms with Crippen molar-refractivity contribution >= 4 is 35.0 Å². The number of carboxylic acids is 1. The van der Waals surface area contributed by atoms with Crippen LogP contribution in [0.5, 0.6) is 0 Å². The van der Waals surface area contributed by atoms with Crippen LogP contribution in [0.2, 0.25) is 5.02 Å². The van der Waals surface area contributed by atoms with Crippen LogP contribution in [-0.2, 0) is 0 Å². The number of nitrogens with zero attached hydrogens (tertiary/aromatic N) is 1. The molecule has 2 rings (SSSR count). The number of rotatable bonds is 4. The summed E-state index contributed by atoms with van der Waals surface area (Å²) in [6, 6.07) is 8.04. The van der Waals surface area contributed by atoms with E-state index in [0.717, 1.165) is 17.8 Å². The maximum absolute atomic E-state index is 13.9. The fraction of sp³-hybridized carbons (Fsp3) is 0. The van der Waals surface area contributed by atoms with Crippen LogP contribution in [-0.4, -0.2) is 16.0 Å². The van der Waals surface area contributed by atoms with Gasteiger partial charge in [-0.25, -0.2) is 9.18 Å². The first kappa shape index (κ1) is 15.3. The molecule has 21 heavy (non-hydrogen) atoms. The molecule has 0 fully saturated rings. The molecule has 0 bridgehead atoms. The Kier molecular flexibility index (Phi) is 4.44. The summed E-state index contributed by atoms with van der Waals surface area (Å²) in [5.74, 6) is -2.34. The van der Waals surface area contributed by atoms with Crippen molar-refractivity contribution in [1.82, 2.24) is 0 Å². The third kappa shape index (κ3) is 3.50. The number of halogens is 2. The molecule has 0 saturated heterocycles. The van der Waals surface area contributed by atoms with E-state index in [9.17, 15) is 19.3 Å². The molecule has 2 aromatic rings. The summed E-state index contributed by atoms with van der Waals surface area (Å²) in [5.41, 5.74) is -1.33. The van der Waals surface area contributed by atoms with Crippen molar-refractivity contribution in [3.63, 3.8) is 0 Å². The Labute approximate surface area is 127 Å². The zero-order chi connectivity index (χ0) is 15.6. The average Bonchev–Trinajstić information content (AvgIpc) is 2.42. The lowest BCUT2D eigenvalue weighted by Gasteiger charge is -2.06. The molecule has 0 radical (unpaired) electrons. The fourth-order valence-corrected chi connectivity index (χ4v) is 2.56. The van der Waals surface area contributed by atoms with Crippen molar-refractivity contribution in [2.75, 3.05) is 0 Å². The Morgan fingerprint density at radius 1 is 1.29 bits per heavy atom. The van der Waals surface area contributed by atoms with Gasteiger partial charge >= 0.3 is 5.97 Å². The van der Waals surface area contributed by atoms with E-state index < -0.39 is 28.0 Å². The predicted octanol–water partition coefficient (Wildman–Crippen LogP) is 4.24. The van der Waals surface area contributed by atoms with Crippen molar-refractivity contribution in [3.05, 3.63) is 62.9 Å². The van der Waals surface area contributed by atoms with Gasteiger partial charge in [0.25, 0.3) is 5.69 Å². The molecule has 5 nitrogen and oxygen atoms in total. The van der Waals surface area contributed by atoms with Crippen LogP contribution >= 0.6 is 23.4 Å². The molecule has 0 atom stereocenters. The first-order valence-electron chi connectivity index (χ1n) is 5.53. The number of aromatic carboxylic acids is 1. The van der Waals surface area contributed by atoms with E-state index in [0.29, 0.717) is 16.0 Å². The maximum Gasteiger partial charge on any atom is 0.342 e. The number of nitro benzene ring substituents is 1. The second-order valence-corrected chi connectivity index (χ2v) is 5.47. The van der Waals surface area contributed by atoms with Crippen LogP contribution in [0.25, 0.3) is 0 Å². The number of carboxylic acid groups (broad SMARTS) is 1. The van der Waals surface area contributed by atoms with Crippen LogP contribution in [0.3, 0.4) is 0 Å². The largest absolute Gasteiger partial charge is 0.477 e. The SMILES string of the molecule is O=C(O)c1cc(Sc2ccc(Cl)cc2)c(F)cc1[N+](=O)[O-]. The Morgan fingerprint density at radius 3 is 2.43 bits per heavy atom. The average molecular weight is 328 g/mol. The van der Waals surface area contributed by atoms with Gasteiger partial charge in [0.15, 0.2) is 0 Å². The lowest BCUT2D eigenvalue weighted by molar-refractivity contribution is -0.385. The summed E-state index contributed by atoms with van der Waals surface area (Å²) in [5, 5.41) is 20.2. The molecular formula is C13H7ClFNO4S. The standard InChI is InChI=1S/C13H7ClFNO4S/c14-7-1-3-8(4-2-7)21-12-5-9(13(17)18)11(16(19)20)6-10(12)15/h1-6H,(H,17,18). The molecular weight excluding hydrogens is 321 g/mol. The summed E-state index contributed by atoms with van der Waals surface area (Å²) >= 11 is 6.69. The highest BCUT2D eigenvalue weighted by atomic mass is 35.5. The monoisotopic (exact) mass is 327 g/mol. The lowest BCUT2D eigenvalue weighted by Crippen LogP contribution is -2.04. The zero-order valence-electron chi connectivity index (χ0n) is 10.2. The molecule has 0 amide bonds. The van der Waals surface area contributed by atoms with Crippen molar-refractivity contribution in [2.45, 2.75) is 9.79 Å². The smallest absolute Gasteiger partial charge is 0.342 e. The van der Waals surface area contributed by atoms with E-state index in [1.54, 1.807) is 24.3 Å². The predicted molar refractivity (Wildman–Crippen MR) is 75.6 cm³/mol. The zero-order valence-corrected chi connectivity index (χ0v) is 11.8. The molecule has 1 N–H and O–H groups in total. The normalized spacial score (nSPS) is 10.4. The first-order valence-corrected chi connectivity index (χ1v) is 6.72. The van der Waals surface area contributed by atoms with Crippen molar-refractivity contribution in [1.29, 1.82) is 0 Å². The molecule has 8 heteroatoms. The van der Waals surface area contributed by atoms with Gasteiger partial charge in [0.1, 0.15) is 11.4 Å². The van der Waals surface area contributed by atoms with E-state index in [4.69, 9.17) is 16.7 Å². The third-order valence-corrected chi connectivity index (χ3v) is 3.81. The van der Waals surface area contributed by atoms with Gasteiger partial charge in [-0.3, -0.25) is 10.1 Å². The van der Waals surface area contributed by atoms with Gasteiger partial charge in [0.05, 0.1) is 11.0 Å². The topological polar surface area (TPSA) is 80.4 Å². The second-order valence-electron chi connectivity index (χ2n) is 3.92. The van der Waals surface area contributed by atoms with Gasteiger partial charge in [-0.2, -0.15) is 0 Å². The van der Waals surface area contributed by atoms with Gasteiger partial charge in [-0.1, -0.05) is 23.4 Å². The van der Waals surface area contributed by atoms with Gasteiger partial charge in [-0.15, -0.1) is 0 Å². The minimum Gasteiger partial charge on any atom is -0.477 e. The second kappa shape index (κ2) is 6.11. The molecule has 0 spiro atoms. The van der Waals surface area contributed by atoms with E-state index >= 15 is 0 Å². The molecule has 108 valence electrons. The molecule has 0 aliphatic carbocycles. The van der Waals surface area contributed by atoms with Crippen molar-refractivity contribution < 1.29 is 19.2 Å². The van der Waals surface area contributed by atoms with Gasteiger partial charge in [-0.05, 0) is 30.3 Å². The molecule has 0 aromatic heterocycles. The Hall–Kier alpha value is -2.12. The van der Waals surface area contributed by atoms with E-state index in [1.807, 2.05) is 0 Å². The highest BCUT2D eigenvalue weighted by Crippen LogP contribution is 2.34. The third-order valence-electron chi connectivity index (χ3n) is 2.52. The summed E-state index contributed by atoms with van der Waals surface area (Å²) < 4.78 is 13.9. The minimum absolute atomic E-state index is 0.0136. The minimum atomic E-state index is -1.49. The molecule has 0 heterocycles. The Balaban J connectivity index is 2.44. The van der Waals surface area contributed by atoms with E-state index in [-0.39, 0.29) is 4.90 Å². The maximum atomic E-state index is 13.9. The van der Waals surface area contributed by atoms with Gasteiger partial charge < -0.3 is 5.11 Å². The van der Waals surface area contributed by atoms with Gasteiger partial charge in [0, 0.05) is 14.8 Å². The molecule has 0 aliphatic heterocycles. The fourth-order valence-electron chi connectivity index (χ4n) is 1.57. The molecule has 0 aliphatic rings. The number of carbonyl (C=O) groups is 1. The number of nitro groups is 1. The van der Waals surface area contributed by atoms with E-state index in [2.05, 4.69) is 0 Å². The molecule has 2 aromatic carbocycles. The van der Waals surface area contributed by atoms with E-state index in [1.165, 1.54) is 0 Å². The lowest BCUT2D eigenvalue weighted by atomic mass is 10.2. The van der Waals surface area contributed by atoms with Gasteiger partial charge in [0.2, 0.25) is 0 Å². The highest BCUT2D eigenvalue weighted by Gasteiger charge is 2.23. The van der Waals surface area contributed by atoms with Crippen LogP contribution in [0, 0.1) is 15.9 Å². The molecule has 0 saturated carbocycles. The van der Waals surface area contributed by atoms with Crippen molar-refractivity contribution in [2.24, 2.45) is 0 Å². The first-order chi connectivity index (χ1) is 9.88. The van der Waals surface area contributed by atoms with Crippen LogP contribution in [0.15, 0.2) is 46.2 Å². The number of hydrogen-bond acceptors (Lipinski definition) is 4. The Bertz CT molecular complexity index is 721. The summed E-state index contributed by atoms with van der Waals surface area (Å²) in [7, 11) is 0.